The molecule has 11 nitrogen and oxygen atoms in total. The van der Waals surface area contributed by atoms with E-state index in [4.69, 9.17) is 21.1 Å². The second-order valence-electron chi connectivity index (χ2n) is 7.02. The minimum Gasteiger partial charge on any atom is -0.490 e. The molecular formula is C24H17ClN4O7. The monoisotopic (exact) mass is 508 g/mol. The molecule has 182 valence electrons. The molecule has 0 heterocycles. The van der Waals surface area contributed by atoms with Crippen LogP contribution in [0.1, 0.15) is 12.5 Å². The summed E-state index contributed by atoms with van der Waals surface area (Å²) in [6.07, 6.45) is 1.30. The largest absolute Gasteiger partial charge is 0.490 e. The normalized spacial score (nSPS) is 10.8. The van der Waals surface area contributed by atoms with E-state index in [-0.39, 0.29) is 34.5 Å². The lowest BCUT2D eigenvalue weighted by atomic mass is 10.1. The summed E-state index contributed by atoms with van der Waals surface area (Å²) in [4.78, 5) is 33.4. The summed E-state index contributed by atoms with van der Waals surface area (Å²) in [7, 11) is 0. The topological polar surface area (TPSA) is 158 Å². The van der Waals surface area contributed by atoms with Gasteiger partial charge in [0.25, 0.3) is 11.6 Å². The smallest absolute Gasteiger partial charge is 0.318 e. The number of nitrogens with one attached hydrogen (secondary N) is 1. The molecule has 0 aliphatic heterocycles. The van der Waals surface area contributed by atoms with Crippen LogP contribution in [0.15, 0.2) is 66.2 Å². The van der Waals surface area contributed by atoms with Crippen LogP contribution in [0.4, 0.5) is 17.1 Å². The fraction of sp³-hybridized carbons (Fsp3) is 0.0833. The first-order chi connectivity index (χ1) is 17.2. The Balaban J connectivity index is 1.98. The van der Waals surface area contributed by atoms with Gasteiger partial charge in [-0.25, -0.2) is 0 Å². The molecule has 3 aromatic rings. The van der Waals surface area contributed by atoms with Crippen molar-refractivity contribution in [3.05, 3.63) is 97.1 Å². The van der Waals surface area contributed by atoms with E-state index < -0.39 is 27.1 Å². The highest BCUT2D eigenvalue weighted by molar-refractivity contribution is 6.32. The molecule has 1 amide bonds. The van der Waals surface area contributed by atoms with Crippen molar-refractivity contribution in [2.45, 2.75) is 6.92 Å². The summed E-state index contributed by atoms with van der Waals surface area (Å²) < 4.78 is 11.2. The Hall–Kier alpha value is -4.95. The van der Waals surface area contributed by atoms with Crippen LogP contribution in [0.2, 0.25) is 5.02 Å². The predicted molar refractivity (Wildman–Crippen MR) is 131 cm³/mol. The maximum Gasteiger partial charge on any atom is 0.318 e. The van der Waals surface area contributed by atoms with Crippen LogP contribution in [-0.4, -0.2) is 22.4 Å². The Kier molecular flexibility index (Phi) is 8.17. The molecule has 0 spiro atoms. The first-order valence-electron chi connectivity index (χ1n) is 10.3. The molecule has 0 aromatic heterocycles. The lowest BCUT2D eigenvalue weighted by Crippen LogP contribution is -2.13. The maximum absolute atomic E-state index is 12.5. The van der Waals surface area contributed by atoms with E-state index in [1.54, 1.807) is 37.3 Å². The molecule has 12 heteroatoms. The van der Waals surface area contributed by atoms with Crippen molar-refractivity contribution >= 4 is 40.6 Å². The minimum atomic E-state index is -0.821. The Morgan fingerprint density at radius 2 is 1.81 bits per heavy atom. The van der Waals surface area contributed by atoms with Crippen molar-refractivity contribution in [2.75, 3.05) is 11.9 Å². The van der Waals surface area contributed by atoms with Gasteiger partial charge < -0.3 is 14.8 Å². The molecule has 3 aromatic carbocycles. The van der Waals surface area contributed by atoms with E-state index in [9.17, 15) is 30.3 Å². The van der Waals surface area contributed by atoms with Gasteiger partial charge in [0.15, 0.2) is 11.5 Å². The number of benzene rings is 3. The van der Waals surface area contributed by atoms with Crippen LogP contribution in [0, 0.1) is 31.6 Å². The van der Waals surface area contributed by atoms with E-state index in [1.165, 1.54) is 18.2 Å². The lowest BCUT2D eigenvalue weighted by Gasteiger charge is -2.14. The molecule has 0 unspecified atom stereocenters. The van der Waals surface area contributed by atoms with Crippen molar-refractivity contribution in [2.24, 2.45) is 0 Å². The summed E-state index contributed by atoms with van der Waals surface area (Å²) in [5.41, 5.74) is -0.504. The molecule has 0 bridgehead atoms. The van der Waals surface area contributed by atoms with Crippen molar-refractivity contribution in [3.63, 3.8) is 0 Å². The standard InChI is InChI=1S/C24H17ClN4O7/c1-2-35-22-12-15(10-16(14-26)24(30)27-17-6-4-3-5-7-17)11-19(25)23(22)36-21-9-8-18(28(31)32)13-20(21)29(33)34/h3-13H,2H2,1H3,(H,27,30)/b16-10+. The predicted octanol–water partition coefficient (Wildman–Crippen LogP) is 5.89. The van der Waals surface area contributed by atoms with E-state index in [2.05, 4.69) is 5.32 Å². The van der Waals surface area contributed by atoms with E-state index in [0.29, 0.717) is 11.3 Å². The van der Waals surface area contributed by atoms with Gasteiger partial charge in [-0.2, -0.15) is 5.26 Å². The van der Waals surface area contributed by atoms with Crippen LogP contribution in [0.5, 0.6) is 17.2 Å². The third-order valence-corrected chi connectivity index (χ3v) is 4.88. The number of carbonyl (C=O) groups excluding carboxylic acids is 1. The number of ether oxygens (including phenoxy) is 2. The van der Waals surface area contributed by atoms with Crippen LogP contribution in [0.25, 0.3) is 6.08 Å². The third kappa shape index (κ3) is 6.13. The highest BCUT2D eigenvalue weighted by Crippen LogP contribution is 2.43. The Bertz CT molecular complexity index is 1400. The Morgan fingerprint density at radius 3 is 2.42 bits per heavy atom. The average molecular weight is 509 g/mol. The number of halogens is 1. The fourth-order valence-electron chi connectivity index (χ4n) is 3.03. The van der Waals surface area contributed by atoms with Crippen LogP contribution in [0.3, 0.4) is 0 Å². The second-order valence-corrected chi connectivity index (χ2v) is 7.43. The zero-order valence-electron chi connectivity index (χ0n) is 18.6. The summed E-state index contributed by atoms with van der Waals surface area (Å²) in [6.45, 7) is 1.85. The number of para-hydroxylation sites is 1. The first kappa shape index (κ1) is 25.7. The van der Waals surface area contributed by atoms with Gasteiger partial charge in [0, 0.05) is 11.8 Å². The molecule has 1 N–H and O–H groups in total. The zero-order chi connectivity index (χ0) is 26.2. The number of non-ortho nitro benzene ring substituents is 1. The number of hydrogen-bond donors (Lipinski definition) is 1. The minimum absolute atomic E-state index is 0.0411. The van der Waals surface area contributed by atoms with E-state index >= 15 is 0 Å². The van der Waals surface area contributed by atoms with E-state index in [1.807, 2.05) is 6.07 Å². The van der Waals surface area contributed by atoms with Gasteiger partial charge in [-0.3, -0.25) is 25.0 Å². The second kappa shape index (κ2) is 11.5. The highest BCUT2D eigenvalue weighted by atomic mass is 35.5. The van der Waals surface area contributed by atoms with Crippen molar-refractivity contribution in [1.29, 1.82) is 5.26 Å². The number of hydrogen-bond acceptors (Lipinski definition) is 8. The van der Waals surface area contributed by atoms with Crippen LogP contribution in [-0.2, 0) is 4.79 Å². The third-order valence-electron chi connectivity index (χ3n) is 4.60. The van der Waals surface area contributed by atoms with Crippen LogP contribution >= 0.6 is 11.6 Å². The molecule has 3 rings (SSSR count). The summed E-state index contributed by atoms with van der Waals surface area (Å²) in [5, 5.41) is 34.5. The fourth-order valence-corrected chi connectivity index (χ4v) is 3.28. The molecular weight excluding hydrogens is 492 g/mol. The first-order valence-corrected chi connectivity index (χ1v) is 10.7. The Labute approximate surface area is 209 Å². The average Bonchev–Trinajstić information content (AvgIpc) is 2.85. The molecule has 0 aliphatic rings. The number of carbonyl (C=O) groups is 1. The SMILES string of the molecule is CCOc1cc(/C=C(\C#N)C(=O)Nc2ccccc2)cc(Cl)c1Oc1ccc([N+](=O)[O-])cc1[N+](=O)[O-]. The van der Waals surface area contributed by atoms with Gasteiger partial charge in [-0.15, -0.1) is 0 Å². The van der Waals surface area contributed by atoms with Gasteiger partial charge in [-0.05, 0) is 48.9 Å². The molecule has 0 saturated heterocycles. The molecule has 0 atom stereocenters. The van der Waals surface area contributed by atoms with Gasteiger partial charge in [-0.1, -0.05) is 29.8 Å². The zero-order valence-corrected chi connectivity index (χ0v) is 19.4. The molecule has 0 saturated carbocycles. The number of nitro benzene ring substituents is 2. The van der Waals surface area contributed by atoms with Gasteiger partial charge >= 0.3 is 5.69 Å². The van der Waals surface area contributed by atoms with Gasteiger partial charge in [0.2, 0.25) is 5.75 Å². The van der Waals surface area contributed by atoms with Crippen molar-refractivity contribution in [3.8, 4) is 23.3 Å². The number of nitrogens with zero attached hydrogens (tertiary/aromatic N) is 3. The van der Waals surface area contributed by atoms with Gasteiger partial charge in [0.1, 0.15) is 11.6 Å². The van der Waals surface area contributed by atoms with Crippen molar-refractivity contribution in [1.82, 2.24) is 0 Å². The number of anilines is 1. The molecule has 0 aliphatic carbocycles. The number of rotatable bonds is 9. The molecule has 0 radical (unpaired) electrons. The van der Waals surface area contributed by atoms with Crippen LogP contribution < -0.4 is 14.8 Å². The Morgan fingerprint density at radius 1 is 1.08 bits per heavy atom. The number of amides is 1. The lowest BCUT2D eigenvalue weighted by molar-refractivity contribution is -0.394. The summed E-state index contributed by atoms with van der Waals surface area (Å²) in [5.74, 6) is -0.944. The van der Waals surface area contributed by atoms with E-state index in [0.717, 1.165) is 18.2 Å². The number of nitro groups is 2. The summed E-state index contributed by atoms with van der Waals surface area (Å²) >= 11 is 6.37. The molecule has 36 heavy (non-hydrogen) atoms. The summed E-state index contributed by atoms with van der Waals surface area (Å²) in [6, 6.07) is 16.1. The maximum atomic E-state index is 12.5. The quantitative estimate of drug-likeness (QED) is 0.162. The van der Waals surface area contributed by atoms with Crippen molar-refractivity contribution < 1.29 is 24.1 Å². The number of nitriles is 1. The van der Waals surface area contributed by atoms with Gasteiger partial charge in [0.05, 0.1) is 27.5 Å². The molecule has 0 fully saturated rings. The highest BCUT2D eigenvalue weighted by Gasteiger charge is 2.24.